The van der Waals surface area contributed by atoms with Gasteiger partial charge in [-0.25, -0.2) is 0 Å². The number of tetrazole rings is 1. The SMILES string of the molecule is Cc1cccc(C)c1NC(=O)CSc1nnnn1-c1ccc(C(C)C)cc1. The van der Waals surface area contributed by atoms with Crippen LogP contribution < -0.4 is 5.32 Å². The second-order valence-corrected chi connectivity index (χ2v) is 7.67. The maximum atomic E-state index is 12.4. The van der Waals surface area contributed by atoms with E-state index < -0.39 is 0 Å². The molecule has 27 heavy (non-hydrogen) atoms. The van der Waals surface area contributed by atoms with Crippen LogP contribution in [0.5, 0.6) is 0 Å². The van der Waals surface area contributed by atoms with Crippen LogP contribution in [0.25, 0.3) is 5.69 Å². The Morgan fingerprint density at radius 1 is 1.11 bits per heavy atom. The fraction of sp³-hybridized carbons (Fsp3) is 0.300. The lowest BCUT2D eigenvalue weighted by Gasteiger charge is -2.11. The van der Waals surface area contributed by atoms with E-state index >= 15 is 0 Å². The number of carbonyl (C=O) groups is 1. The van der Waals surface area contributed by atoms with E-state index in [1.165, 1.54) is 17.3 Å². The number of nitrogens with zero attached hydrogens (tertiary/aromatic N) is 4. The summed E-state index contributed by atoms with van der Waals surface area (Å²) < 4.78 is 1.65. The summed E-state index contributed by atoms with van der Waals surface area (Å²) in [6.07, 6.45) is 0. The number of benzene rings is 2. The van der Waals surface area contributed by atoms with Gasteiger partial charge < -0.3 is 5.32 Å². The number of para-hydroxylation sites is 1. The average molecular weight is 382 g/mol. The minimum Gasteiger partial charge on any atom is -0.325 e. The van der Waals surface area contributed by atoms with Gasteiger partial charge in [-0.3, -0.25) is 4.79 Å². The number of amides is 1. The molecule has 0 saturated carbocycles. The van der Waals surface area contributed by atoms with Crippen molar-refractivity contribution in [1.29, 1.82) is 0 Å². The highest BCUT2D eigenvalue weighted by molar-refractivity contribution is 7.99. The highest BCUT2D eigenvalue weighted by Gasteiger charge is 2.13. The molecule has 0 aliphatic rings. The molecule has 140 valence electrons. The van der Waals surface area contributed by atoms with Crippen LogP contribution in [0.3, 0.4) is 0 Å². The summed E-state index contributed by atoms with van der Waals surface area (Å²) in [4.78, 5) is 12.4. The van der Waals surface area contributed by atoms with E-state index in [-0.39, 0.29) is 11.7 Å². The lowest BCUT2D eigenvalue weighted by atomic mass is 10.0. The molecule has 0 aliphatic carbocycles. The first-order chi connectivity index (χ1) is 13.0. The standard InChI is InChI=1S/C20H23N5OS/c1-13(2)16-8-10-17(11-9-16)25-20(22-23-24-25)27-12-18(26)21-19-14(3)6-5-7-15(19)4/h5-11,13H,12H2,1-4H3,(H,21,26). The van der Waals surface area contributed by atoms with Gasteiger partial charge in [0.15, 0.2) is 0 Å². The third kappa shape index (κ3) is 4.54. The van der Waals surface area contributed by atoms with Crippen molar-refractivity contribution in [2.24, 2.45) is 0 Å². The quantitative estimate of drug-likeness (QED) is 0.650. The number of anilines is 1. The number of thioether (sulfide) groups is 1. The molecule has 0 spiro atoms. The molecule has 0 radical (unpaired) electrons. The summed E-state index contributed by atoms with van der Waals surface area (Å²) in [5.74, 6) is 0.621. The Hall–Kier alpha value is -2.67. The zero-order valence-corrected chi connectivity index (χ0v) is 16.7. The van der Waals surface area contributed by atoms with Crippen LogP contribution >= 0.6 is 11.8 Å². The molecule has 0 aliphatic heterocycles. The predicted octanol–water partition coefficient (Wildman–Crippen LogP) is 4.13. The molecular formula is C20H23N5OS. The van der Waals surface area contributed by atoms with Crippen molar-refractivity contribution in [2.45, 2.75) is 38.8 Å². The largest absolute Gasteiger partial charge is 0.325 e. The Morgan fingerprint density at radius 2 is 1.78 bits per heavy atom. The third-order valence-corrected chi connectivity index (χ3v) is 5.24. The van der Waals surface area contributed by atoms with Gasteiger partial charge >= 0.3 is 0 Å². The summed E-state index contributed by atoms with van der Waals surface area (Å²) in [6, 6.07) is 14.1. The third-order valence-electron chi connectivity index (χ3n) is 4.32. The first kappa shape index (κ1) is 19.1. The van der Waals surface area contributed by atoms with Gasteiger partial charge in [0.05, 0.1) is 11.4 Å². The van der Waals surface area contributed by atoms with Gasteiger partial charge in [-0.2, -0.15) is 4.68 Å². The minimum absolute atomic E-state index is 0.0814. The molecule has 1 aromatic heterocycles. The Labute approximate surface area is 163 Å². The number of aromatic nitrogens is 4. The van der Waals surface area contributed by atoms with Crippen LogP contribution in [0.4, 0.5) is 5.69 Å². The van der Waals surface area contributed by atoms with Crippen molar-refractivity contribution in [1.82, 2.24) is 20.2 Å². The summed E-state index contributed by atoms with van der Waals surface area (Å²) in [5, 5.41) is 15.4. The normalized spacial score (nSPS) is 11.0. The topological polar surface area (TPSA) is 72.7 Å². The number of nitrogens with one attached hydrogen (secondary N) is 1. The Bertz CT molecular complexity index is 914. The molecule has 0 atom stereocenters. The summed E-state index contributed by atoms with van der Waals surface area (Å²) in [5.41, 5.74) is 5.09. The highest BCUT2D eigenvalue weighted by Crippen LogP contribution is 2.23. The lowest BCUT2D eigenvalue weighted by molar-refractivity contribution is -0.113. The van der Waals surface area contributed by atoms with E-state index in [0.29, 0.717) is 11.1 Å². The van der Waals surface area contributed by atoms with Crippen molar-refractivity contribution in [3.63, 3.8) is 0 Å². The van der Waals surface area contributed by atoms with E-state index in [2.05, 4.69) is 46.8 Å². The van der Waals surface area contributed by atoms with Crippen LogP contribution in [0.1, 0.15) is 36.5 Å². The minimum atomic E-state index is -0.0814. The molecule has 0 fully saturated rings. The maximum absolute atomic E-state index is 12.4. The summed E-state index contributed by atoms with van der Waals surface area (Å²) in [6.45, 7) is 8.28. The molecule has 1 N–H and O–H groups in total. The van der Waals surface area contributed by atoms with Crippen molar-refractivity contribution < 1.29 is 4.79 Å². The van der Waals surface area contributed by atoms with Crippen molar-refractivity contribution in [3.05, 3.63) is 59.2 Å². The number of hydrogen-bond donors (Lipinski definition) is 1. The molecule has 6 nitrogen and oxygen atoms in total. The van der Waals surface area contributed by atoms with Crippen molar-refractivity contribution in [3.8, 4) is 5.69 Å². The fourth-order valence-corrected chi connectivity index (χ4v) is 3.44. The Morgan fingerprint density at radius 3 is 2.41 bits per heavy atom. The predicted molar refractivity (Wildman–Crippen MR) is 109 cm³/mol. The van der Waals surface area contributed by atoms with Gasteiger partial charge in [-0.1, -0.05) is 55.9 Å². The van der Waals surface area contributed by atoms with Gasteiger partial charge in [0.1, 0.15) is 0 Å². The Balaban J connectivity index is 1.67. The number of carbonyl (C=O) groups excluding carboxylic acids is 1. The molecule has 1 heterocycles. The summed E-state index contributed by atoms with van der Waals surface area (Å²) >= 11 is 1.31. The Kier molecular flexibility index (Phi) is 5.91. The number of aryl methyl sites for hydroxylation is 2. The van der Waals surface area contributed by atoms with E-state index in [9.17, 15) is 4.79 Å². The van der Waals surface area contributed by atoms with Crippen LogP contribution in [0.15, 0.2) is 47.6 Å². The first-order valence-electron chi connectivity index (χ1n) is 8.83. The molecule has 7 heteroatoms. The second-order valence-electron chi connectivity index (χ2n) is 6.72. The van der Waals surface area contributed by atoms with Crippen molar-refractivity contribution >= 4 is 23.4 Å². The van der Waals surface area contributed by atoms with Crippen LogP contribution in [-0.4, -0.2) is 31.9 Å². The average Bonchev–Trinajstić information content (AvgIpc) is 3.12. The van der Waals surface area contributed by atoms with Gasteiger partial charge in [0.2, 0.25) is 11.1 Å². The molecule has 0 bridgehead atoms. The molecular weight excluding hydrogens is 358 g/mol. The van der Waals surface area contributed by atoms with Gasteiger partial charge in [0, 0.05) is 5.69 Å². The van der Waals surface area contributed by atoms with E-state index in [1.54, 1.807) is 4.68 Å². The summed E-state index contributed by atoms with van der Waals surface area (Å²) in [7, 11) is 0. The van der Waals surface area contributed by atoms with E-state index in [4.69, 9.17) is 0 Å². The van der Waals surface area contributed by atoms with E-state index in [0.717, 1.165) is 22.5 Å². The first-order valence-corrected chi connectivity index (χ1v) is 9.82. The van der Waals surface area contributed by atoms with Gasteiger partial charge in [-0.05, 0) is 59.0 Å². The molecule has 1 amide bonds. The van der Waals surface area contributed by atoms with Crippen LogP contribution in [0.2, 0.25) is 0 Å². The van der Waals surface area contributed by atoms with Crippen molar-refractivity contribution in [2.75, 3.05) is 11.1 Å². The van der Waals surface area contributed by atoms with Crippen LogP contribution in [-0.2, 0) is 4.79 Å². The molecule has 0 unspecified atom stereocenters. The smallest absolute Gasteiger partial charge is 0.234 e. The monoisotopic (exact) mass is 381 g/mol. The zero-order valence-electron chi connectivity index (χ0n) is 15.9. The fourth-order valence-electron chi connectivity index (χ4n) is 2.75. The molecule has 3 rings (SSSR count). The van der Waals surface area contributed by atoms with Crippen LogP contribution in [0, 0.1) is 13.8 Å². The van der Waals surface area contributed by atoms with Gasteiger partial charge in [-0.15, -0.1) is 5.10 Å². The number of hydrogen-bond acceptors (Lipinski definition) is 5. The molecule has 0 saturated heterocycles. The van der Waals surface area contributed by atoms with Gasteiger partial charge in [0.25, 0.3) is 0 Å². The molecule has 2 aromatic carbocycles. The zero-order chi connectivity index (χ0) is 19.4. The highest BCUT2D eigenvalue weighted by atomic mass is 32.2. The maximum Gasteiger partial charge on any atom is 0.234 e. The second kappa shape index (κ2) is 8.35. The van der Waals surface area contributed by atoms with E-state index in [1.807, 2.05) is 44.2 Å². The molecule has 3 aromatic rings. The number of rotatable bonds is 6. The lowest BCUT2D eigenvalue weighted by Crippen LogP contribution is -2.16.